The van der Waals surface area contributed by atoms with Gasteiger partial charge in [0.05, 0.1) is 12.1 Å². The minimum Gasteiger partial charge on any atom is -0.394 e. The summed E-state index contributed by atoms with van der Waals surface area (Å²) >= 11 is 1.71. The third-order valence-electron chi connectivity index (χ3n) is 3.61. The number of nitrogens with zero attached hydrogens (tertiary/aromatic N) is 2. The van der Waals surface area contributed by atoms with Crippen molar-refractivity contribution in [3.63, 3.8) is 0 Å². The topological polar surface area (TPSA) is 50.1 Å². The molecule has 0 aliphatic rings. The van der Waals surface area contributed by atoms with Gasteiger partial charge in [0.25, 0.3) is 0 Å². The molecular weight excluding hydrogens is 270 g/mol. The van der Waals surface area contributed by atoms with Crippen molar-refractivity contribution in [2.75, 3.05) is 19.4 Å². The summed E-state index contributed by atoms with van der Waals surface area (Å²) in [7, 11) is 3.89. The van der Waals surface area contributed by atoms with Crippen LogP contribution in [0.1, 0.15) is 12.0 Å². The van der Waals surface area contributed by atoms with Gasteiger partial charge in [-0.05, 0) is 19.0 Å². The molecule has 1 heterocycles. The highest BCUT2D eigenvalue weighted by Gasteiger charge is 2.29. The summed E-state index contributed by atoms with van der Waals surface area (Å²) in [5, 5.41) is 14.1. The number of aromatic nitrogens is 2. The van der Waals surface area contributed by atoms with Crippen molar-refractivity contribution in [1.82, 2.24) is 14.9 Å². The molecule has 0 spiro atoms. The van der Waals surface area contributed by atoms with Crippen molar-refractivity contribution in [3.05, 3.63) is 48.3 Å². The number of aliphatic hydroxyl groups excluding tert-OH is 1. The molecule has 1 aromatic heterocycles. The number of benzene rings is 1. The maximum atomic E-state index is 9.85. The van der Waals surface area contributed by atoms with Gasteiger partial charge in [-0.2, -0.15) is 0 Å². The lowest BCUT2D eigenvalue weighted by atomic mass is 9.88. The van der Waals surface area contributed by atoms with E-state index in [2.05, 4.69) is 22.4 Å². The van der Waals surface area contributed by atoms with Crippen LogP contribution in [0.3, 0.4) is 0 Å². The number of nitrogens with one attached hydrogen (secondary N) is 1. The molecule has 0 radical (unpaired) electrons. The second kappa shape index (κ2) is 6.92. The number of likely N-dealkylation sites (N-methyl/N-ethyl adjacent to an activating group) is 1. The lowest BCUT2D eigenvalue weighted by Gasteiger charge is -2.32. The SMILES string of the molecule is CNC(CO)(CCSc1nccn1C)c1ccccc1. The van der Waals surface area contributed by atoms with Crippen molar-refractivity contribution >= 4 is 11.8 Å². The molecule has 0 aliphatic carbocycles. The Hall–Kier alpha value is -1.30. The molecule has 1 aromatic carbocycles. The predicted molar refractivity (Wildman–Crippen MR) is 82.8 cm³/mol. The lowest BCUT2D eigenvalue weighted by molar-refractivity contribution is 0.165. The first kappa shape index (κ1) is 15.1. The van der Waals surface area contributed by atoms with Crippen LogP contribution < -0.4 is 5.32 Å². The van der Waals surface area contributed by atoms with E-state index in [-0.39, 0.29) is 12.1 Å². The molecule has 5 heteroatoms. The summed E-state index contributed by atoms with van der Waals surface area (Å²) < 4.78 is 2.01. The number of aryl methyl sites for hydroxylation is 1. The first-order valence-corrected chi connectivity index (χ1v) is 7.66. The largest absolute Gasteiger partial charge is 0.394 e. The number of hydrogen-bond donors (Lipinski definition) is 2. The Kier molecular flexibility index (Phi) is 5.23. The monoisotopic (exact) mass is 291 g/mol. The Morgan fingerprint density at radius 2 is 2.10 bits per heavy atom. The fraction of sp³-hybridized carbons (Fsp3) is 0.400. The van der Waals surface area contributed by atoms with Crippen molar-refractivity contribution < 1.29 is 5.11 Å². The Bertz CT molecular complexity index is 523. The highest BCUT2D eigenvalue weighted by atomic mass is 32.2. The third-order valence-corrected chi connectivity index (χ3v) is 4.67. The van der Waals surface area contributed by atoms with Crippen LogP contribution in [0.2, 0.25) is 0 Å². The zero-order valence-electron chi connectivity index (χ0n) is 11.9. The maximum absolute atomic E-state index is 9.85. The van der Waals surface area contributed by atoms with Gasteiger partial charge in [-0.3, -0.25) is 0 Å². The number of thioether (sulfide) groups is 1. The third kappa shape index (κ3) is 3.23. The van der Waals surface area contributed by atoms with Crippen LogP contribution in [0.15, 0.2) is 47.9 Å². The van der Waals surface area contributed by atoms with Crippen molar-refractivity contribution in [2.24, 2.45) is 7.05 Å². The lowest BCUT2D eigenvalue weighted by Crippen LogP contribution is -2.44. The van der Waals surface area contributed by atoms with E-state index >= 15 is 0 Å². The van der Waals surface area contributed by atoms with E-state index in [1.807, 2.05) is 43.1 Å². The van der Waals surface area contributed by atoms with E-state index in [1.54, 1.807) is 18.0 Å². The van der Waals surface area contributed by atoms with E-state index in [0.717, 1.165) is 22.9 Å². The van der Waals surface area contributed by atoms with Crippen LogP contribution in [-0.4, -0.2) is 34.1 Å². The van der Waals surface area contributed by atoms with Gasteiger partial charge in [-0.1, -0.05) is 42.1 Å². The molecule has 2 aromatic rings. The molecule has 2 rings (SSSR count). The van der Waals surface area contributed by atoms with E-state index in [0.29, 0.717) is 0 Å². The average molecular weight is 291 g/mol. The van der Waals surface area contributed by atoms with E-state index in [9.17, 15) is 5.11 Å². The smallest absolute Gasteiger partial charge is 0.167 e. The van der Waals surface area contributed by atoms with Gasteiger partial charge in [0, 0.05) is 25.2 Å². The fourth-order valence-corrected chi connectivity index (χ4v) is 3.26. The van der Waals surface area contributed by atoms with E-state index in [4.69, 9.17) is 0 Å². The van der Waals surface area contributed by atoms with Gasteiger partial charge in [0.15, 0.2) is 5.16 Å². The zero-order chi connectivity index (χ0) is 14.4. The van der Waals surface area contributed by atoms with Crippen LogP contribution in [0.4, 0.5) is 0 Å². The Labute approximate surface area is 124 Å². The molecule has 0 saturated carbocycles. The molecular formula is C15H21N3OS. The highest BCUT2D eigenvalue weighted by Crippen LogP contribution is 2.27. The molecule has 0 amide bonds. The quantitative estimate of drug-likeness (QED) is 0.766. The predicted octanol–water partition coefficient (Wildman–Crippen LogP) is 2.01. The van der Waals surface area contributed by atoms with Crippen molar-refractivity contribution in [2.45, 2.75) is 17.1 Å². The van der Waals surface area contributed by atoms with Gasteiger partial charge >= 0.3 is 0 Å². The average Bonchev–Trinajstić information content (AvgIpc) is 2.90. The van der Waals surface area contributed by atoms with Gasteiger partial charge < -0.3 is 15.0 Å². The summed E-state index contributed by atoms with van der Waals surface area (Å²) in [6, 6.07) is 10.1. The summed E-state index contributed by atoms with van der Waals surface area (Å²) in [6.07, 6.45) is 4.58. The number of imidazole rings is 1. The molecule has 0 aliphatic heterocycles. The standard InChI is InChI=1S/C15H21N3OS/c1-16-15(12-19,13-6-4-3-5-7-13)8-11-20-14-17-9-10-18(14)2/h3-7,9-10,16,19H,8,11-12H2,1-2H3. The Morgan fingerprint density at radius 3 is 2.65 bits per heavy atom. The molecule has 1 atom stereocenters. The number of rotatable bonds is 7. The van der Waals surface area contributed by atoms with Crippen molar-refractivity contribution in [3.8, 4) is 0 Å². The molecule has 0 bridgehead atoms. The van der Waals surface area contributed by atoms with Crippen LogP contribution in [-0.2, 0) is 12.6 Å². The second-order valence-electron chi connectivity index (χ2n) is 4.78. The van der Waals surface area contributed by atoms with Crippen molar-refractivity contribution in [1.29, 1.82) is 0 Å². The minimum atomic E-state index is -0.389. The fourth-order valence-electron chi connectivity index (χ4n) is 2.23. The first-order chi connectivity index (χ1) is 9.72. The van der Waals surface area contributed by atoms with Gasteiger partial charge in [0.1, 0.15) is 0 Å². The van der Waals surface area contributed by atoms with Gasteiger partial charge in [-0.25, -0.2) is 4.98 Å². The summed E-state index contributed by atoms with van der Waals surface area (Å²) in [4.78, 5) is 4.30. The molecule has 0 fully saturated rings. The molecule has 0 saturated heterocycles. The minimum absolute atomic E-state index is 0.0780. The number of hydrogen-bond acceptors (Lipinski definition) is 4. The second-order valence-corrected chi connectivity index (χ2v) is 5.84. The Balaban J connectivity index is 2.04. The van der Waals surface area contributed by atoms with Crippen LogP contribution >= 0.6 is 11.8 Å². The Morgan fingerprint density at radius 1 is 1.35 bits per heavy atom. The van der Waals surface area contributed by atoms with Gasteiger partial charge in [-0.15, -0.1) is 0 Å². The summed E-state index contributed by atoms with van der Waals surface area (Å²) in [5.74, 6) is 0.890. The highest BCUT2D eigenvalue weighted by molar-refractivity contribution is 7.99. The maximum Gasteiger partial charge on any atom is 0.167 e. The summed E-state index contributed by atoms with van der Waals surface area (Å²) in [5.41, 5.74) is 0.727. The van der Waals surface area contributed by atoms with E-state index in [1.165, 1.54) is 0 Å². The van der Waals surface area contributed by atoms with E-state index < -0.39 is 0 Å². The van der Waals surface area contributed by atoms with Crippen LogP contribution in [0.5, 0.6) is 0 Å². The number of aliphatic hydroxyl groups is 1. The van der Waals surface area contributed by atoms with Gasteiger partial charge in [0.2, 0.25) is 0 Å². The zero-order valence-corrected chi connectivity index (χ0v) is 12.7. The summed E-state index contributed by atoms with van der Waals surface area (Å²) in [6.45, 7) is 0.0780. The molecule has 2 N–H and O–H groups in total. The molecule has 1 unspecified atom stereocenters. The molecule has 20 heavy (non-hydrogen) atoms. The normalized spacial score (nSPS) is 14.2. The van der Waals surface area contributed by atoms with Crippen LogP contribution in [0, 0.1) is 0 Å². The molecule has 108 valence electrons. The first-order valence-electron chi connectivity index (χ1n) is 6.67. The van der Waals surface area contributed by atoms with Crippen LogP contribution in [0.25, 0.3) is 0 Å². The molecule has 4 nitrogen and oxygen atoms in total.